The fourth-order valence-electron chi connectivity index (χ4n) is 2.36. The lowest BCUT2D eigenvalue weighted by Crippen LogP contribution is -2.37. The van der Waals surface area contributed by atoms with E-state index in [0.717, 1.165) is 48.7 Å². The Bertz CT molecular complexity index is 541. The van der Waals surface area contributed by atoms with Gasteiger partial charge in [-0.05, 0) is 45.0 Å². The van der Waals surface area contributed by atoms with E-state index in [0.29, 0.717) is 0 Å². The van der Waals surface area contributed by atoms with Gasteiger partial charge < -0.3 is 9.73 Å². The minimum absolute atomic E-state index is 0.0554. The molecule has 90 valence electrons. The second-order valence-corrected chi connectivity index (χ2v) is 5.10. The summed E-state index contributed by atoms with van der Waals surface area (Å²) in [5.41, 5.74) is 2.57. The molecule has 0 amide bonds. The van der Waals surface area contributed by atoms with Crippen molar-refractivity contribution in [2.45, 2.75) is 32.1 Å². The van der Waals surface area contributed by atoms with Crippen molar-refractivity contribution in [1.29, 1.82) is 0 Å². The van der Waals surface area contributed by atoms with Crippen LogP contribution in [0, 0.1) is 6.92 Å². The summed E-state index contributed by atoms with van der Waals surface area (Å²) in [5, 5.41) is 3.37. The zero-order valence-corrected chi connectivity index (χ0v) is 10.3. The Morgan fingerprint density at radius 2 is 2.00 bits per heavy atom. The Morgan fingerprint density at radius 3 is 2.76 bits per heavy atom. The highest BCUT2D eigenvalue weighted by Crippen LogP contribution is 2.33. The number of nitrogens with zero attached hydrogens (tertiary/aromatic N) is 2. The van der Waals surface area contributed by atoms with Gasteiger partial charge in [-0.1, -0.05) is 6.92 Å². The lowest BCUT2D eigenvalue weighted by atomic mass is 9.81. The summed E-state index contributed by atoms with van der Waals surface area (Å²) >= 11 is 0. The highest BCUT2D eigenvalue weighted by atomic mass is 16.3. The van der Waals surface area contributed by atoms with Crippen LogP contribution in [0.15, 0.2) is 16.5 Å². The number of oxazole rings is 1. The van der Waals surface area contributed by atoms with Crippen LogP contribution in [0.5, 0.6) is 0 Å². The van der Waals surface area contributed by atoms with Gasteiger partial charge in [0.05, 0.1) is 0 Å². The Kier molecular flexibility index (Phi) is 2.40. The molecule has 1 aliphatic heterocycles. The third-order valence-corrected chi connectivity index (χ3v) is 3.62. The molecule has 4 nitrogen and oxygen atoms in total. The van der Waals surface area contributed by atoms with Gasteiger partial charge in [-0.25, -0.2) is 4.98 Å². The Morgan fingerprint density at radius 1 is 1.24 bits per heavy atom. The average molecular weight is 231 g/mol. The highest BCUT2D eigenvalue weighted by molar-refractivity contribution is 5.67. The molecule has 0 unspecified atom stereocenters. The lowest BCUT2D eigenvalue weighted by molar-refractivity contribution is 0.275. The summed E-state index contributed by atoms with van der Waals surface area (Å²) in [6.45, 7) is 6.26. The second-order valence-electron chi connectivity index (χ2n) is 5.10. The average Bonchev–Trinajstić information content (AvgIpc) is 2.73. The summed E-state index contributed by atoms with van der Waals surface area (Å²) in [6.07, 6.45) is 2.14. The van der Waals surface area contributed by atoms with Crippen molar-refractivity contribution in [3.05, 3.63) is 23.7 Å². The molecule has 3 heterocycles. The summed E-state index contributed by atoms with van der Waals surface area (Å²) in [6, 6.07) is 3.92. The van der Waals surface area contributed by atoms with E-state index in [1.807, 2.05) is 19.1 Å². The van der Waals surface area contributed by atoms with Gasteiger partial charge in [-0.3, -0.25) is 0 Å². The molecule has 1 fully saturated rings. The van der Waals surface area contributed by atoms with Crippen molar-refractivity contribution in [3.63, 3.8) is 0 Å². The maximum Gasteiger partial charge on any atom is 0.203 e. The molecule has 0 saturated carbocycles. The van der Waals surface area contributed by atoms with E-state index in [2.05, 4.69) is 22.2 Å². The predicted molar refractivity (Wildman–Crippen MR) is 66.0 cm³/mol. The molecule has 0 aromatic carbocycles. The number of rotatable bonds is 1. The van der Waals surface area contributed by atoms with E-state index < -0.39 is 0 Å². The zero-order chi connectivity index (χ0) is 11.9. The van der Waals surface area contributed by atoms with Crippen molar-refractivity contribution in [3.8, 4) is 0 Å². The van der Waals surface area contributed by atoms with Crippen LogP contribution < -0.4 is 5.32 Å². The van der Waals surface area contributed by atoms with Gasteiger partial charge in [0.25, 0.3) is 0 Å². The molecular formula is C13H17N3O. The molecule has 0 radical (unpaired) electrons. The number of nitrogens with one attached hydrogen (secondary N) is 1. The molecule has 0 spiro atoms. The van der Waals surface area contributed by atoms with Crippen molar-refractivity contribution < 1.29 is 4.42 Å². The fraction of sp³-hybridized carbons (Fsp3) is 0.538. The maximum atomic E-state index is 5.86. The third-order valence-electron chi connectivity index (χ3n) is 3.62. The van der Waals surface area contributed by atoms with Crippen LogP contribution in [0.25, 0.3) is 11.2 Å². The number of piperidine rings is 1. The van der Waals surface area contributed by atoms with Crippen LogP contribution in [0.4, 0.5) is 0 Å². The van der Waals surface area contributed by atoms with Crippen LogP contribution in [0.1, 0.15) is 31.4 Å². The molecule has 4 heteroatoms. The van der Waals surface area contributed by atoms with Crippen LogP contribution in [0.2, 0.25) is 0 Å². The van der Waals surface area contributed by atoms with Crippen molar-refractivity contribution >= 4 is 11.2 Å². The minimum atomic E-state index is 0.0554. The van der Waals surface area contributed by atoms with E-state index in [-0.39, 0.29) is 5.41 Å². The van der Waals surface area contributed by atoms with Gasteiger partial charge in [-0.2, -0.15) is 4.98 Å². The number of fused-ring (bicyclic) bond motifs is 1. The molecule has 0 bridgehead atoms. The monoisotopic (exact) mass is 231 g/mol. The topological polar surface area (TPSA) is 51.0 Å². The first-order valence-electron chi connectivity index (χ1n) is 6.13. The lowest BCUT2D eigenvalue weighted by Gasteiger charge is -2.30. The van der Waals surface area contributed by atoms with Crippen molar-refractivity contribution in [2.24, 2.45) is 0 Å². The number of hydrogen-bond donors (Lipinski definition) is 1. The SMILES string of the molecule is Cc1ccc2oc(C3(C)CCNCC3)nc2n1. The van der Waals surface area contributed by atoms with E-state index in [9.17, 15) is 0 Å². The molecule has 2 aromatic rings. The van der Waals surface area contributed by atoms with E-state index in [4.69, 9.17) is 4.42 Å². The Labute approximate surface area is 100 Å². The van der Waals surface area contributed by atoms with Gasteiger partial charge >= 0.3 is 0 Å². The van der Waals surface area contributed by atoms with Crippen LogP contribution in [-0.2, 0) is 5.41 Å². The molecule has 0 aliphatic carbocycles. The maximum absolute atomic E-state index is 5.86. The number of hydrogen-bond acceptors (Lipinski definition) is 4. The van der Waals surface area contributed by atoms with E-state index in [1.165, 1.54) is 0 Å². The van der Waals surface area contributed by atoms with E-state index >= 15 is 0 Å². The smallest absolute Gasteiger partial charge is 0.203 e. The summed E-state index contributed by atoms with van der Waals surface area (Å²) in [7, 11) is 0. The quantitative estimate of drug-likeness (QED) is 0.817. The van der Waals surface area contributed by atoms with Crippen LogP contribution >= 0.6 is 0 Å². The summed E-state index contributed by atoms with van der Waals surface area (Å²) in [4.78, 5) is 8.97. The summed E-state index contributed by atoms with van der Waals surface area (Å²) in [5.74, 6) is 0.840. The fourth-order valence-corrected chi connectivity index (χ4v) is 2.36. The zero-order valence-electron chi connectivity index (χ0n) is 10.3. The molecule has 2 aromatic heterocycles. The van der Waals surface area contributed by atoms with Gasteiger partial charge in [0.2, 0.25) is 5.89 Å². The molecule has 1 saturated heterocycles. The molecule has 1 aliphatic rings. The Hall–Kier alpha value is -1.42. The Balaban J connectivity index is 2.05. The molecular weight excluding hydrogens is 214 g/mol. The highest BCUT2D eigenvalue weighted by Gasteiger charge is 2.33. The minimum Gasteiger partial charge on any atom is -0.438 e. The summed E-state index contributed by atoms with van der Waals surface area (Å²) < 4.78 is 5.86. The number of aryl methyl sites for hydroxylation is 1. The normalized spacial score (nSPS) is 19.6. The molecule has 17 heavy (non-hydrogen) atoms. The van der Waals surface area contributed by atoms with Crippen molar-refractivity contribution in [1.82, 2.24) is 15.3 Å². The van der Waals surface area contributed by atoms with Gasteiger partial charge in [0.15, 0.2) is 11.2 Å². The predicted octanol–water partition coefficient (Wildman–Crippen LogP) is 2.17. The first kappa shape index (κ1) is 10.7. The molecule has 0 atom stereocenters. The van der Waals surface area contributed by atoms with Gasteiger partial charge in [-0.15, -0.1) is 0 Å². The number of pyridine rings is 1. The third kappa shape index (κ3) is 1.82. The van der Waals surface area contributed by atoms with Gasteiger partial charge in [0, 0.05) is 11.1 Å². The van der Waals surface area contributed by atoms with Gasteiger partial charge in [0.1, 0.15) is 0 Å². The molecule has 1 N–H and O–H groups in total. The standard InChI is InChI=1S/C13H17N3O/c1-9-3-4-10-11(15-9)16-12(17-10)13(2)5-7-14-8-6-13/h3-4,14H,5-8H2,1-2H3. The second kappa shape index (κ2) is 3.81. The molecule has 3 rings (SSSR count). The van der Waals surface area contributed by atoms with Crippen LogP contribution in [0.3, 0.4) is 0 Å². The first-order valence-corrected chi connectivity index (χ1v) is 6.13. The van der Waals surface area contributed by atoms with E-state index in [1.54, 1.807) is 0 Å². The van der Waals surface area contributed by atoms with Crippen molar-refractivity contribution in [2.75, 3.05) is 13.1 Å². The van der Waals surface area contributed by atoms with Crippen LogP contribution in [-0.4, -0.2) is 23.1 Å². The number of aromatic nitrogens is 2. The largest absolute Gasteiger partial charge is 0.438 e. The first-order chi connectivity index (χ1) is 8.17.